The average Bonchev–Trinajstić information content (AvgIpc) is 2.86. The van der Waals surface area contributed by atoms with Gasteiger partial charge in [0.1, 0.15) is 5.75 Å². The standard InChI is InChI=1S/C14H19N3O/c1-3-10-17-12(8-9-16-17)14(15)11-6-4-5-7-13(11)18-2/h4-9,14H,3,10,15H2,1-2H3. The molecule has 0 aliphatic carbocycles. The van der Waals surface area contributed by atoms with Crippen LogP contribution in [0.25, 0.3) is 0 Å². The lowest BCUT2D eigenvalue weighted by Crippen LogP contribution is -2.18. The van der Waals surface area contributed by atoms with Gasteiger partial charge in [-0.15, -0.1) is 0 Å². The van der Waals surface area contributed by atoms with Gasteiger partial charge >= 0.3 is 0 Å². The Balaban J connectivity index is 2.35. The quantitative estimate of drug-likeness (QED) is 0.879. The Labute approximate surface area is 107 Å². The zero-order valence-electron chi connectivity index (χ0n) is 10.8. The van der Waals surface area contributed by atoms with Gasteiger partial charge in [-0.25, -0.2) is 0 Å². The molecule has 0 saturated carbocycles. The second-order valence-corrected chi connectivity index (χ2v) is 4.20. The van der Waals surface area contributed by atoms with E-state index >= 15 is 0 Å². The maximum absolute atomic E-state index is 6.33. The summed E-state index contributed by atoms with van der Waals surface area (Å²) in [5.41, 5.74) is 8.33. The molecule has 1 unspecified atom stereocenters. The normalized spacial score (nSPS) is 12.4. The first kappa shape index (κ1) is 12.6. The van der Waals surface area contributed by atoms with Crippen molar-refractivity contribution in [2.75, 3.05) is 7.11 Å². The average molecular weight is 245 g/mol. The number of hydrogen-bond acceptors (Lipinski definition) is 3. The minimum atomic E-state index is -0.213. The molecule has 2 N–H and O–H groups in total. The molecule has 96 valence electrons. The van der Waals surface area contributed by atoms with Crippen LogP contribution in [0.15, 0.2) is 36.5 Å². The maximum Gasteiger partial charge on any atom is 0.124 e. The number of nitrogens with zero attached hydrogens (tertiary/aromatic N) is 2. The first-order valence-electron chi connectivity index (χ1n) is 6.18. The largest absolute Gasteiger partial charge is 0.496 e. The lowest BCUT2D eigenvalue weighted by atomic mass is 10.0. The third kappa shape index (κ3) is 2.38. The highest BCUT2D eigenvalue weighted by Crippen LogP contribution is 2.27. The summed E-state index contributed by atoms with van der Waals surface area (Å²) >= 11 is 0. The fraction of sp³-hybridized carbons (Fsp3) is 0.357. The van der Waals surface area contributed by atoms with Crippen LogP contribution in [0.1, 0.15) is 30.6 Å². The van der Waals surface area contributed by atoms with Gasteiger partial charge in [-0.3, -0.25) is 4.68 Å². The molecule has 0 aliphatic rings. The molecule has 2 rings (SSSR count). The van der Waals surface area contributed by atoms with Crippen LogP contribution in [0.5, 0.6) is 5.75 Å². The minimum absolute atomic E-state index is 0.213. The van der Waals surface area contributed by atoms with Gasteiger partial charge in [-0.1, -0.05) is 25.1 Å². The topological polar surface area (TPSA) is 53.1 Å². The van der Waals surface area contributed by atoms with Gasteiger partial charge in [0.25, 0.3) is 0 Å². The summed E-state index contributed by atoms with van der Waals surface area (Å²) in [6.45, 7) is 3.01. The van der Waals surface area contributed by atoms with Crippen LogP contribution in [-0.4, -0.2) is 16.9 Å². The molecule has 18 heavy (non-hydrogen) atoms. The van der Waals surface area contributed by atoms with Gasteiger partial charge in [0.15, 0.2) is 0 Å². The Hall–Kier alpha value is -1.81. The summed E-state index contributed by atoms with van der Waals surface area (Å²) in [6.07, 6.45) is 2.83. The highest BCUT2D eigenvalue weighted by Gasteiger charge is 2.17. The first-order chi connectivity index (χ1) is 8.77. The SMILES string of the molecule is CCCn1nccc1C(N)c1ccccc1OC. The Morgan fingerprint density at radius 2 is 2.11 bits per heavy atom. The van der Waals surface area contributed by atoms with E-state index < -0.39 is 0 Å². The molecular formula is C14H19N3O. The fourth-order valence-corrected chi connectivity index (χ4v) is 2.09. The molecule has 1 aromatic heterocycles. The van der Waals surface area contributed by atoms with E-state index in [0.29, 0.717) is 0 Å². The number of hydrogen-bond donors (Lipinski definition) is 1. The molecule has 4 nitrogen and oxygen atoms in total. The van der Waals surface area contributed by atoms with Crippen LogP contribution in [0.3, 0.4) is 0 Å². The predicted molar refractivity (Wildman–Crippen MR) is 71.5 cm³/mol. The number of benzene rings is 1. The Morgan fingerprint density at radius 3 is 2.83 bits per heavy atom. The van der Waals surface area contributed by atoms with E-state index in [-0.39, 0.29) is 6.04 Å². The minimum Gasteiger partial charge on any atom is -0.496 e. The van der Waals surface area contributed by atoms with E-state index in [1.54, 1.807) is 13.3 Å². The number of aromatic nitrogens is 2. The molecular weight excluding hydrogens is 226 g/mol. The zero-order chi connectivity index (χ0) is 13.0. The third-order valence-corrected chi connectivity index (χ3v) is 2.98. The lowest BCUT2D eigenvalue weighted by molar-refractivity contribution is 0.406. The Morgan fingerprint density at radius 1 is 1.33 bits per heavy atom. The second-order valence-electron chi connectivity index (χ2n) is 4.20. The van der Waals surface area contributed by atoms with Crippen LogP contribution in [0.4, 0.5) is 0 Å². The number of aryl methyl sites for hydroxylation is 1. The van der Waals surface area contributed by atoms with Gasteiger partial charge in [0, 0.05) is 18.3 Å². The number of ether oxygens (including phenoxy) is 1. The van der Waals surface area contributed by atoms with Gasteiger partial charge in [0.05, 0.1) is 18.8 Å². The van der Waals surface area contributed by atoms with Crippen molar-refractivity contribution in [3.8, 4) is 5.75 Å². The summed E-state index contributed by atoms with van der Waals surface area (Å²) < 4.78 is 7.31. The van der Waals surface area contributed by atoms with Gasteiger partial charge in [0.2, 0.25) is 0 Å². The van der Waals surface area contributed by atoms with Crippen molar-refractivity contribution in [1.29, 1.82) is 0 Å². The van der Waals surface area contributed by atoms with Crippen molar-refractivity contribution in [2.45, 2.75) is 25.9 Å². The molecule has 2 aromatic rings. The van der Waals surface area contributed by atoms with Gasteiger partial charge in [-0.05, 0) is 18.6 Å². The number of methoxy groups -OCH3 is 1. The lowest BCUT2D eigenvalue weighted by Gasteiger charge is -2.17. The van der Waals surface area contributed by atoms with Crippen molar-refractivity contribution in [3.05, 3.63) is 47.8 Å². The van der Waals surface area contributed by atoms with Crippen LogP contribution < -0.4 is 10.5 Å². The summed E-state index contributed by atoms with van der Waals surface area (Å²) in [7, 11) is 1.66. The summed E-state index contributed by atoms with van der Waals surface area (Å²) in [5.74, 6) is 0.814. The van der Waals surface area contributed by atoms with Crippen molar-refractivity contribution in [1.82, 2.24) is 9.78 Å². The number of para-hydroxylation sites is 1. The molecule has 4 heteroatoms. The molecule has 0 bridgehead atoms. The monoisotopic (exact) mass is 245 g/mol. The highest BCUT2D eigenvalue weighted by molar-refractivity contribution is 5.39. The smallest absolute Gasteiger partial charge is 0.124 e. The first-order valence-corrected chi connectivity index (χ1v) is 6.18. The second kappa shape index (κ2) is 5.69. The zero-order valence-corrected chi connectivity index (χ0v) is 10.8. The summed E-state index contributed by atoms with van der Waals surface area (Å²) in [6, 6.07) is 9.58. The molecule has 0 radical (unpaired) electrons. The third-order valence-electron chi connectivity index (χ3n) is 2.98. The van der Waals surface area contributed by atoms with Gasteiger partial charge in [-0.2, -0.15) is 5.10 Å². The van der Waals surface area contributed by atoms with Crippen molar-refractivity contribution in [2.24, 2.45) is 5.73 Å². The van der Waals surface area contributed by atoms with E-state index in [9.17, 15) is 0 Å². The molecule has 0 aliphatic heterocycles. The van der Waals surface area contributed by atoms with E-state index in [4.69, 9.17) is 10.5 Å². The number of rotatable bonds is 5. The Kier molecular flexibility index (Phi) is 3.99. The Bertz CT molecular complexity index is 507. The van der Waals surface area contributed by atoms with E-state index in [1.807, 2.05) is 35.0 Å². The van der Waals surface area contributed by atoms with Crippen molar-refractivity contribution >= 4 is 0 Å². The molecule has 1 atom stereocenters. The predicted octanol–water partition coefficient (Wildman–Crippen LogP) is 2.35. The van der Waals surface area contributed by atoms with E-state index in [2.05, 4.69) is 12.0 Å². The molecule has 0 amide bonds. The van der Waals surface area contributed by atoms with Crippen LogP contribution in [-0.2, 0) is 6.54 Å². The van der Waals surface area contributed by atoms with Crippen molar-refractivity contribution < 1.29 is 4.74 Å². The number of nitrogens with two attached hydrogens (primary N) is 1. The van der Waals surface area contributed by atoms with E-state index in [1.165, 1.54) is 0 Å². The van der Waals surface area contributed by atoms with E-state index in [0.717, 1.165) is 30.0 Å². The summed E-state index contributed by atoms with van der Waals surface area (Å²) in [5, 5.41) is 4.30. The van der Waals surface area contributed by atoms with Crippen LogP contribution >= 0.6 is 0 Å². The molecule has 0 saturated heterocycles. The van der Waals surface area contributed by atoms with Crippen LogP contribution in [0.2, 0.25) is 0 Å². The maximum atomic E-state index is 6.33. The van der Waals surface area contributed by atoms with Crippen molar-refractivity contribution in [3.63, 3.8) is 0 Å². The molecule has 1 heterocycles. The fourth-order valence-electron chi connectivity index (χ4n) is 2.09. The molecule has 0 fully saturated rings. The summed E-state index contributed by atoms with van der Waals surface area (Å²) in [4.78, 5) is 0. The van der Waals surface area contributed by atoms with Crippen LogP contribution in [0, 0.1) is 0 Å². The van der Waals surface area contributed by atoms with Gasteiger partial charge < -0.3 is 10.5 Å². The molecule has 1 aromatic carbocycles. The highest BCUT2D eigenvalue weighted by atomic mass is 16.5. The molecule has 0 spiro atoms.